The van der Waals surface area contributed by atoms with E-state index in [1.807, 2.05) is 44.2 Å². The van der Waals surface area contributed by atoms with Crippen molar-refractivity contribution in [1.29, 1.82) is 0 Å². The number of rotatable bonds is 7. The van der Waals surface area contributed by atoms with Crippen LogP contribution in [0, 0.1) is 0 Å². The summed E-state index contributed by atoms with van der Waals surface area (Å²) < 4.78 is 11.0. The number of carbonyl (C=O) groups excluding carboxylic acids is 1. The number of carbonyl (C=O) groups is 1. The van der Waals surface area contributed by atoms with Crippen molar-refractivity contribution in [1.82, 2.24) is 0 Å². The maximum atomic E-state index is 12.5. The monoisotopic (exact) mass is 341 g/mol. The first-order valence-electron chi connectivity index (χ1n) is 8.60. The van der Waals surface area contributed by atoms with E-state index in [-0.39, 0.29) is 12.0 Å². The van der Waals surface area contributed by atoms with Gasteiger partial charge in [-0.15, -0.1) is 0 Å². The molecule has 1 N–H and O–H groups in total. The summed E-state index contributed by atoms with van der Waals surface area (Å²) in [6.45, 7) is 8.65. The van der Waals surface area contributed by atoms with E-state index in [1.54, 1.807) is 19.2 Å². The number of benzene rings is 2. The highest BCUT2D eigenvalue weighted by Crippen LogP contribution is 2.23. The second kappa shape index (κ2) is 8.67. The minimum atomic E-state index is -0.147. The predicted octanol–water partition coefficient (Wildman–Crippen LogP) is 5.00. The molecule has 0 aliphatic rings. The van der Waals surface area contributed by atoms with Gasteiger partial charge in [0.15, 0.2) is 0 Å². The van der Waals surface area contributed by atoms with Gasteiger partial charge < -0.3 is 14.8 Å². The Kier molecular flexibility index (Phi) is 6.59. The number of amides is 1. The van der Waals surface area contributed by atoms with Crippen LogP contribution in [0.15, 0.2) is 42.5 Å². The molecule has 0 saturated carbocycles. The minimum absolute atomic E-state index is 0.113. The van der Waals surface area contributed by atoms with Gasteiger partial charge in [-0.1, -0.05) is 26.0 Å². The standard InChI is InChI=1S/C21H27NO3/c1-14(2)16-6-9-19(10-7-16)22-21(23)17-8-11-20(24-5)18(12-17)13-25-15(3)4/h6-12,14-15H,13H2,1-5H3,(H,22,23). The molecule has 0 radical (unpaired) electrons. The zero-order chi connectivity index (χ0) is 18.4. The van der Waals surface area contributed by atoms with Gasteiger partial charge in [-0.05, 0) is 55.7 Å². The first-order chi connectivity index (χ1) is 11.9. The SMILES string of the molecule is COc1ccc(C(=O)Nc2ccc(C(C)C)cc2)cc1COC(C)C. The maximum Gasteiger partial charge on any atom is 0.255 e. The number of methoxy groups -OCH3 is 1. The molecule has 0 atom stereocenters. The van der Waals surface area contributed by atoms with Crippen molar-refractivity contribution in [3.63, 3.8) is 0 Å². The lowest BCUT2D eigenvalue weighted by Gasteiger charge is -2.13. The summed E-state index contributed by atoms with van der Waals surface area (Å²) in [5.41, 5.74) is 3.47. The normalized spacial score (nSPS) is 11.0. The van der Waals surface area contributed by atoms with Crippen LogP contribution in [0.3, 0.4) is 0 Å². The Hall–Kier alpha value is -2.33. The quantitative estimate of drug-likeness (QED) is 0.771. The van der Waals surface area contributed by atoms with Gasteiger partial charge in [0.1, 0.15) is 5.75 Å². The summed E-state index contributed by atoms with van der Waals surface area (Å²) in [6.07, 6.45) is 0.113. The number of ether oxygens (including phenoxy) is 2. The average molecular weight is 341 g/mol. The van der Waals surface area contributed by atoms with Crippen LogP contribution in [0.5, 0.6) is 5.75 Å². The zero-order valence-electron chi connectivity index (χ0n) is 15.6. The molecule has 0 saturated heterocycles. The van der Waals surface area contributed by atoms with Gasteiger partial charge in [0.25, 0.3) is 5.91 Å². The summed E-state index contributed by atoms with van der Waals surface area (Å²) in [7, 11) is 1.62. The van der Waals surface area contributed by atoms with E-state index in [2.05, 4.69) is 19.2 Å². The largest absolute Gasteiger partial charge is 0.496 e. The Morgan fingerprint density at radius 2 is 1.72 bits per heavy atom. The Labute approximate surface area is 150 Å². The smallest absolute Gasteiger partial charge is 0.255 e. The fraction of sp³-hybridized carbons (Fsp3) is 0.381. The molecule has 4 heteroatoms. The third-order valence-electron chi connectivity index (χ3n) is 3.95. The van der Waals surface area contributed by atoms with Crippen LogP contribution in [0.4, 0.5) is 5.69 Å². The van der Waals surface area contributed by atoms with Gasteiger partial charge in [-0.25, -0.2) is 0 Å². The van der Waals surface area contributed by atoms with Gasteiger partial charge >= 0.3 is 0 Å². The van der Waals surface area contributed by atoms with Crippen LogP contribution in [-0.4, -0.2) is 19.1 Å². The van der Waals surface area contributed by atoms with E-state index in [9.17, 15) is 4.79 Å². The number of anilines is 1. The fourth-order valence-corrected chi connectivity index (χ4v) is 2.44. The van der Waals surface area contributed by atoms with Crippen molar-refractivity contribution < 1.29 is 14.3 Å². The lowest BCUT2D eigenvalue weighted by Crippen LogP contribution is -2.13. The summed E-state index contributed by atoms with van der Waals surface area (Å²) in [4.78, 5) is 12.5. The molecule has 0 aliphatic carbocycles. The van der Waals surface area contributed by atoms with Crippen molar-refractivity contribution in [2.45, 2.75) is 46.3 Å². The second-order valence-corrected chi connectivity index (χ2v) is 6.62. The van der Waals surface area contributed by atoms with E-state index >= 15 is 0 Å². The first-order valence-corrected chi connectivity index (χ1v) is 8.60. The minimum Gasteiger partial charge on any atom is -0.496 e. The van der Waals surface area contributed by atoms with E-state index in [1.165, 1.54) is 5.56 Å². The highest BCUT2D eigenvalue weighted by atomic mass is 16.5. The van der Waals surface area contributed by atoms with Crippen LogP contribution in [0.25, 0.3) is 0 Å². The van der Waals surface area contributed by atoms with Crippen LogP contribution < -0.4 is 10.1 Å². The molecule has 0 bridgehead atoms. The molecule has 0 aliphatic heterocycles. The molecular weight excluding hydrogens is 314 g/mol. The van der Waals surface area contributed by atoms with Gasteiger partial charge in [0, 0.05) is 16.8 Å². The molecule has 25 heavy (non-hydrogen) atoms. The van der Waals surface area contributed by atoms with Crippen molar-refractivity contribution in [3.05, 3.63) is 59.2 Å². The second-order valence-electron chi connectivity index (χ2n) is 6.62. The molecule has 0 heterocycles. The summed E-state index contributed by atoms with van der Waals surface area (Å²) in [5, 5.41) is 2.93. The number of hydrogen-bond donors (Lipinski definition) is 1. The van der Waals surface area contributed by atoms with E-state index in [0.717, 1.165) is 17.0 Å². The van der Waals surface area contributed by atoms with Crippen molar-refractivity contribution in [2.75, 3.05) is 12.4 Å². The third kappa shape index (κ3) is 5.33. The maximum absolute atomic E-state index is 12.5. The molecule has 0 aromatic heterocycles. The molecular formula is C21H27NO3. The fourth-order valence-electron chi connectivity index (χ4n) is 2.44. The van der Waals surface area contributed by atoms with Crippen LogP contribution in [0.1, 0.15) is 55.1 Å². The summed E-state index contributed by atoms with van der Waals surface area (Å²) in [5.74, 6) is 1.04. The Morgan fingerprint density at radius 3 is 2.28 bits per heavy atom. The summed E-state index contributed by atoms with van der Waals surface area (Å²) >= 11 is 0. The lowest BCUT2D eigenvalue weighted by atomic mass is 10.0. The van der Waals surface area contributed by atoms with E-state index in [4.69, 9.17) is 9.47 Å². The van der Waals surface area contributed by atoms with Crippen molar-refractivity contribution in [2.24, 2.45) is 0 Å². The molecule has 0 spiro atoms. The molecule has 1 amide bonds. The highest BCUT2D eigenvalue weighted by molar-refractivity contribution is 6.04. The van der Waals surface area contributed by atoms with E-state index < -0.39 is 0 Å². The lowest BCUT2D eigenvalue weighted by molar-refractivity contribution is 0.0644. The number of nitrogens with one attached hydrogen (secondary N) is 1. The average Bonchev–Trinajstić information content (AvgIpc) is 2.60. The van der Waals surface area contributed by atoms with Crippen LogP contribution in [0.2, 0.25) is 0 Å². The molecule has 0 fully saturated rings. The topological polar surface area (TPSA) is 47.6 Å². The molecule has 0 unspecified atom stereocenters. The zero-order valence-corrected chi connectivity index (χ0v) is 15.6. The Bertz CT molecular complexity index is 706. The molecule has 2 rings (SSSR count). The Balaban J connectivity index is 2.13. The van der Waals surface area contributed by atoms with Crippen molar-refractivity contribution >= 4 is 11.6 Å². The molecule has 2 aromatic carbocycles. The molecule has 2 aromatic rings. The molecule has 134 valence electrons. The highest BCUT2D eigenvalue weighted by Gasteiger charge is 2.11. The van der Waals surface area contributed by atoms with Gasteiger partial charge in [0.2, 0.25) is 0 Å². The van der Waals surface area contributed by atoms with Gasteiger partial charge in [-0.2, -0.15) is 0 Å². The molecule has 4 nitrogen and oxygen atoms in total. The van der Waals surface area contributed by atoms with Gasteiger partial charge in [0.05, 0.1) is 19.8 Å². The predicted molar refractivity (Wildman–Crippen MR) is 101 cm³/mol. The first kappa shape index (κ1) is 19.0. The van der Waals surface area contributed by atoms with Crippen LogP contribution in [-0.2, 0) is 11.3 Å². The van der Waals surface area contributed by atoms with Crippen LogP contribution >= 0.6 is 0 Å². The summed E-state index contributed by atoms with van der Waals surface area (Å²) in [6, 6.07) is 13.3. The van der Waals surface area contributed by atoms with Crippen molar-refractivity contribution in [3.8, 4) is 5.75 Å². The van der Waals surface area contributed by atoms with E-state index in [0.29, 0.717) is 18.1 Å². The third-order valence-corrected chi connectivity index (χ3v) is 3.95. The Morgan fingerprint density at radius 1 is 1.04 bits per heavy atom. The number of hydrogen-bond acceptors (Lipinski definition) is 3. The van der Waals surface area contributed by atoms with Gasteiger partial charge in [-0.3, -0.25) is 4.79 Å².